The number of rotatable bonds is 4. The molecule has 0 amide bonds. The predicted molar refractivity (Wildman–Crippen MR) is 73.2 cm³/mol. The maximum atomic E-state index is 11.9. The molecule has 1 aromatic heterocycles. The minimum Gasteiger partial charge on any atom is -0.303 e. The van der Waals surface area contributed by atoms with E-state index in [9.17, 15) is 4.79 Å². The molecule has 2 nitrogen and oxygen atoms in total. The molecule has 0 aromatic carbocycles. The summed E-state index contributed by atoms with van der Waals surface area (Å²) in [6.07, 6.45) is 5.85. The number of nitrogens with zero attached hydrogens (tertiary/aromatic N) is 1. The zero-order valence-corrected chi connectivity index (χ0v) is 11.5. The van der Waals surface area contributed by atoms with Crippen molar-refractivity contribution in [1.82, 2.24) is 4.90 Å². The van der Waals surface area contributed by atoms with E-state index in [1.165, 1.54) is 37.0 Å². The van der Waals surface area contributed by atoms with E-state index in [2.05, 4.69) is 4.90 Å². The van der Waals surface area contributed by atoms with Gasteiger partial charge in [0, 0.05) is 13.0 Å². The highest BCUT2D eigenvalue weighted by Gasteiger charge is 2.13. The lowest BCUT2D eigenvalue weighted by Crippen LogP contribution is -2.27. The van der Waals surface area contributed by atoms with Crippen molar-refractivity contribution in [2.24, 2.45) is 0 Å². The molecule has 0 saturated carbocycles. The number of thiophene rings is 1. The number of Topliss-reactive ketones (excluding diaryl/α,β-unsaturated/α-hetero) is 1. The van der Waals surface area contributed by atoms with Gasteiger partial charge in [0.1, 0.15) is 0 Å². The molecule has 0 aliphatic carbocycles. The molecule has 4 heteroatoms. The van der Waals surface area contributed by atoms with E-state index in [0.29, 0.717) is 10.8 Å². The Bertz CT molecular complexity index is 369. The van der Waals surface area contributed by atoms with Gasteiger partial charge in [0.2, 0.25) is 0 Å². The Morgan fingerprint density at radius 2 is 1.94 bits per heavy atom. The van der Waals surface area contributed by atoms with Gasteiger partial charge >= 0.3 is 0 Å². The molecule has 2 heterocycles. The Kier molecular flexibility index (Phi) is 5.01. The van der Waals surface area contributed by atoms with Gasteiger partial charge in [-0.15, -0.1) is 11.3 Å². The zero-order chi connectivity index (χ0) is 12.1. The lowest BCUT2D eigenvalue weighted by Gasteiger charge is -2.18. The SMILES string of the molecule is O=C(CCN1CCCCCC1)c1ccc(Cl)s1. The molecule has 94 valence electrons. The molecule has 1 aliphatic heterocycles. The van der Waals surface area contributed by atoms with Gasteiger partial charge in [0.15, 0.2) is 5.78 Å². The first-order valence-corrected chi connectivity index (χ1v) is 7.46. The van der Waals surface area contributed by atoms with E-state index in [1.807, 2.05) is 6.07 Å². The normalized spacial score (nSPS) is 17.9. The van der Waals surface area contributed by atoms with Crippen molar-refractivity contribution in [3.8, 4) is 0 Å². The number of halogens is 1. The smallest absolute Gasteiger partial charge is 0.174 e. The van der Waals surface area contributed by atoms with Crippen LogP contribution >= 0.6 is 22.9 Å². The van der Waals surface area contributed by atoms with Gasteiger partial charge < -0.3 is 4.90 Å². The summed E-state index contributed by atoms with van der Waals surface area (Å²) in [4.78, 5) is 15.1. The van der Waals surface area contributed by atoms with Gasteiger partial charge in [-0.1, -0.05) is 24.4 Å². The molecule has 17 heavy (non-hydrogen) atoms. The van der Waals surface area contributed by atoms with Crippen LogP contribution in [0.3, 0.4) is 0 Å². The van der Waals surface area contributed by atoms with E-state index in [1.54, 1.807) is 6.07 Å². The van der Waals surface area contributed by atoms with E-state index in [4.69, 9.17) is 11.6 Å². The number of ketones is 1. The van der Waals surface area contributed by atoms with Gasteiger partial charge in [-0.2, -0.15) is 0 Å². The van der Waals surface area contributed by atoms with Crippen LogP contribution in [0.1, 0.15) is 41.8 Å². The Morgan fingerprint density at radius 3 is 2.53 bits per heavy atom. The topological polar surface area (TPSA) is 20.3 Å². The summed E-state index contributed by atoms with van der Waals surface area (Å²) < 4.78 is 0.697. The zero-order valence-electron chi connectivity index (χ0n) is 9.95. The standard InChI is InChI=1S/C13H18ClNOS/c14-13-6-5-12(17-13)11(16)7-10-15-8-3-1-2-4-9-15/h5-6H,1-4,7-10H2. The van der Waals surface area contributed by atoms with Gasteiger partial charge in [-0.25, -0.2) is 0 Å². The van der Waals surface area contributed by atoms with Gasteiger partial charge in [0.25, 0.3) is 0 Å². The van der Waals surface area contributed by atoms with E-state index < -0.39 is 0 Å². The highest BCUT2D eigenvalue weighted by atomic mass is 35.5. The van der Waals surface area contributed by atoms with Crippen molar-refractivity contribution in [2.75, 3.05) is 19.6 Å². The van der Waals surface area contributed by atoms with Crippen LogP contribution < -0.4 is 0 Å². The summed E-state index contributed by atoms with van der Waals surface area (Å²) >= 11 is 7.21. The van der Waals surface area contributed by atoms with E-state index in [-0.39, 0.29) is 5.78 Å². The van der Waals surface area contributed by atoms with Crippen molar-refractivity contribution < 1.29 is 4.79 Å². The molecule has 0 bridgehead atoms. The van der Waals surface area contributed by atoms with Crippen LogP contribution in [0.15, 0.2) is 12.1 Å². The molecule has 0 atom stereocenters. The average molecular weight is 272 g/mol. The van der Waals surface area contributed by atoms with Crippen molar-refractivity contribution in [2.45, 2.75) is 32.1 Å². The van der Waals surface area contributed by atoms with Crippen molar-refractivity contribution in [3.05, 3.63) is 21.3 Å². The minimum atomic E-state index is 0.228. The van der Waals surface area contributed by atoms with Gasteiger partial charge in [0.05, 0.1) is 9.21 Å². The van der Waals surface area contributed by atoms with Crippen molar-refractivity contribution in [1.29, 1.82) is 0 Å². The molecule has 0 spiro atoms. The third-order valence-electron chi connectivity index (χ3n) is 3.20. The van der Waals surface area contributed by atoms with Gasteiger partial charge in [-0.05, 0) is 38.1 Å². The fraction of sp³-hybridized carbons (Fsp3) is 0.615. The lowest BCUT2D eigenvalue weighted by molar-refractivity contribution is 0.0969. The molecule has 1 aromatic rings. The summed E-state index contributed by atoms with van der Waals surface area (Å²) in [5.41, 5.74) is 0. The first-order valence-electron chi connectivity index (χ1n) is 6.26. The maximum absolute atomic E-state index is 11.9. The highest BCUT2D eigenvalue weighted by Crippen LogP contribution is 2.22. The first kappa shape index (κ1) is 13.1. The fourth-order valence-corrected chi connectivity index (χ4v) is 3.22. The molecule has 1 fully saturated rings. The summed E-state index contributed by atoms with van der Waals surface area (Å²) in [5.74, 6) is 0.228. The predicted octanol–water partition coefficient (Wildman–Crippen LogP) is 3.85. The molecule has 1 aliphatic rings. The van der Waals surface area contributed by atoms with Crippen LogP contribution in [0.25, 0.3) is 0 Å². The summed E-state index contributed by atoms with van der Waals surface area (Å²) in [6.45, 7) is 3.20. The number of hydrogen-bond donors (Lipinski definition) is 0. The van der Waals surface area contributed by atoms with E-state index in [0.717, 1.165) is 24.5 Å². The third-order valence-corrected chi connectivity index (χ3v) is 4.47. The van der Waals surface area contributed by atoms with Crippen LogP contribution in [0.4, 0.5) is 0 Å². The molecular weight excluding hydrogens is 254 g/mol. The Labute approximate surface area is 112 Å². The van der Waals surface area contributed by atoms with Crippen molar-refractivity contribution >= 4 is 28.7 Å². The quantitative estimate of drug-likeness (QED) is 0.776. The number of carbonyl (C=O) groups is 1. The fourth-order valence-electron chi connectivity index (χ4n) is 2.21. The van der Waals surface area contributed by atoms with Crippen LogP contribution in [-0.4, -0.2) is 30.3 Å². The largest absolute Gasteiger partial charge is 0.303 e. The monoisotopic (exact) mass is 271 g/mol. The highest BCUT2D eigenvalue weighted by molar-refractivity contribution is 7.18. The molecular formula is C13H18ClNOS. The molecule has 1 saturated heterocycles. The molecule has 0 unspecified atom stereocenters. The van der Waals surface area contributed by atoms with E-state index >= 15 is 0 Å². The van der Waals surface area contributed by atoms with Crippen molar-refractivity contribution in [3.63, 3.8) is 0 Å². The average Bonchev–Trinajstić information content (AvgIpc) is 2.61. The lowest BCUT2D eigenvalue weighted by atomic mass is 10.2. The van der Waals surface area contributed by atoms with Crippen LogP contribution in [0.5, 0.6) is 0 Å². The summed E-state index contributed by atoms with van der Waals surface area (Å²) in [5, 5.41) is 0. The second-order valence-corrected chi connectivity index (χ2v) is 6.25. The first-order chi connectivity index (χ1) is 8.25. The maximum Gasteiger partial charge on any atom is 0.174 e. The minimum absolute atomic E-state index is 0.228. The molecule has 0 N–H and O–H groups in total. The summed E-state index contributed by atoms with van der Waals surface area (Å²) in [6, 6.07) is 3.63. The third kappa shape index (κ3) is 4.09. The molecule has 0 radical (unpaired) electrons. The summed E-state index contributed by atoms with van der Waals surface area (Å²) in [7, 11) is 0. The molecule has 2 rings (SSSR count). The van der Waals surface area contributed by atoms with Crippen LogP contribution in [-0.2, 0) is 0 Å². The Hall–Kier alpha value is -0.380. The number of carbonyl (C=O) groups excluding carboxylic acids is 1. The second-order valence-electron chi connectivity index (χ2n) is 4.53. The second kappa shape index (κ2) is 6.53. The number of likely N-dealkylation sites (tertiary alicyclic amines) is 1. The Balaban J connectivity index is 1.79. The van der Waals surface area contributed by atoms with Crippen LogP contribution in [0, 0.1) is 0 Å². The van der Waals surface area contributed by atoms with Crippen LogP contribution in [0.2, 0.25) is 4.34 Å². The Morgan fingerprint density at radius 1 is 1.24 bits per heavy atom. The number of hydrogen-bond acceptors (Lipinski definition) is 3. The van der Waals surface area contributed by atoms with Gasteiger partial charge in [-0.3, -0.25) is 4.79 Å².